The van der Waals surface area contributed by atoms with Gasteiger partial charge in [-0.3, -0.25) is 14.3 Å². The number of benzene rings is 2. The first-order chi connectivity index (χ1) is 14.7. The number of anilines is 1. The van der Waals surface area contributed by atoms with Crippen LogP contribution in [0.4, 0.5) is 10.1 Å². The van der Waals surface area contributed by atoms with Gasteiger partial charge in [0.2, 0.25) is 5.91 Å². The summed E-state index contributed by atoms with van der Waals surface area (Å²) in [6.07, 6.45) is 0. The average Bonchev–Trinajstić information content (AvgIpc) is 3.12. The van der Waals surface area contributed by atoms with Crippen molar-refractivity contribution in [2.75, 3.05) is 25.2 Å². The van der Waals surface area contributed by atoms with Crippen molar-refractivity contribution >= 4 is 55.2 Å². The van der Waals surface area contributed by atoms with Crippen molar-refractivity contribution in [2.45, 2.75) is 25.0 Å². The molecule has 1 atom stereocenters. The minimum absolute atomic E-state index is 0.0276. The van der Waals surface area contributed by atoms with Gasteiger partial charge in [-0.2, -0.15) is 0 Å². The maximum atomic E-state index is 13.5. The summed E-state index contributed by atoms with van der Waals surface area (Å²) in [6.45, 7) is 3.99. The number of rotatable bonds is 7. The molecule has 1 heterocycles. The number of carbonyl (C=O) groups is 1. The third-order valence-corrected chi connectivity index (χ3v) is 6.85. The van der Waals surface area contributed by atoms with E-state index in [1.807, 2.05) is 49.5 Å². The molecule has 0 aliphatic heterocycles. The highest BCUT2D eigenvalue weighted by Crippen LogP contribution is 2.33. The summed E-state index contributed by atoms with van der Waals surface area (Å²) in [7, 11) is 3.90. The fourth-order valence-corrected chi connectivity index (χ4v) is 5.21. The number of amides is 1. The number of thioether (sulfide) groups is 1. The Morgan fingerprint density at radius 3 is 2.39 bits per heavy atom. The van der Waals surface area contributed by atoms with Crippen LogP contribution in [0.3, 0.4) is 0 Å². The van der Waals surface area contributed by atoms with Crippen molar-refractivity contribution in [3.8, 4) is 5.69 Å². The number of nitrogens with zero attached hydrogens (tertiary/aromatic N) is 4. The van der Waals surface area contributed by atoms with E-state index in [-0.39, 0.29) is 23.5 Å². The predicted molar refractivity (Wildman–Crippen MR) is 129 cm³/mol. The second-order valence-corrected chi connectivity index (χ2v) is 9.88. The van der Waals surface area contributed by atoms with Crippen LogP contribution in [-0.4, -0.2) is 45.4 Å². The van der Waals surface area contributed by atoms with Gasteiger partial charge in [0, 0.05) is 14.6 Å². The van der Waals surface area contributed by atoms with E-state index in [2.05, 4.69) is 47.4 Å². The highest BCUT2D eigenvalue weighted by Gasteiger charge is 2.22. The monoisotopic (exact) mass is 569 g/mol. The zero-order valence-corrected chi connectivity index (χ0v) is 21.5. The fraction of sp³-hybridized carbons (Fsp3) is 0.286. The Kier molecular flexibility index (Phi) is 7.90. The van der Waals surface area contributed by atoms with Gasteiger partial charge in [0.1, 0.15) is 5.82 Å². The molecule has 0 spiro atoms. The van der Waals surface area contributed by atoms with Gasteiger partial charge in [0.05, 0.1) is 17.5 Å². The molecule has 3 rings (SSSR count). The first-order valence-corrected chi connectivity index (χ1v) is 12.0. The Balaban J connectivity index is 1.83. The summed E-state index contributed by atoms with van der Waals surface area (Å²) in [4.78, 5) is 14.6. The molecule has 3 aromatic rings. The molecule has 31 heavy (non-hydrogen) atoms. The van der Waals surface area contributed by atoms with Gasteiger partial charge in [-0.15, -0.1) is 10.2 Å². The number of nitrogens with one attached hydrogen (secondary N) is 1. The van der Waals surface area contributed by atoms with E-state index in [0.717, 1.165) is 20.2 Å². The van der Waals surface area contributed by atoms with Gasteiger partial charge in [-0.05, 0) is 102 Å². The third-order valence-electron chi connectivity index (χ3n) is 4.67. The zero-order valence-electron chi connectivity index (χ0n) is 17.5. The predicted octanol–water partition coefficient (Wildman–Crippen LogP) is 5.59. The van der Waals surface area contributed by atoms with Crippen molar-refractivity contribution in [3.05, 3.63) is 62.5 Å². The van der Waals surface area contributed by atoms with E-state index >= 15 is 0 Å². The van der Waals surface area contributed by atoms with E-state index in [4.69, 9.17) is 0 Å². The summed E-state index contributed by atoms with van der Waals surface area (Å²) in [5.74, 6) is 0.360. The lowest BCUT2D eigenvalue weighted by Crippen LogP contribution is -2.21. The van der Waals surface area contributed by atoms with E-state index in [9.17, 15) is 9.18 Å². The first kappa shape index (κ1) is 23.9. The Labute approximate surface area is 201 Å². The van der Waals surface area contributed by atoms with Gasteiger partial charge in [-0.1, -0.05) is 11.8 Å². The van der Waals surface area contributed by atoms with E-state index in [1.165, 1.54) is 23.9 Å². The maximum absolute atomic E-state index is 13.5. The van der Waals surface area contributed by atoms with Crippen LogP contribution in [-0.2, 0) is 4.79 Å². The van der Waals surface area contributed by atoms with Crippen LogP contribution in [0, 0.1) is 12.7 Å². The molecular formula is C21H22Br2FN5OS. The molecule has 0 fully saturated rings. The van der Waals surface area contributed by atoms with E-state index < -0.39 is 0 Å². The Morgan fingerprint density at radius 2 is 1.81 bits per heavy atom. The molecule has 0 saturated heterocycles. The quantitative estimate of drug-likeness (QED) is 0.375. The molecule has 0 aliphatic rings. The molecule has 0 saturated carbocycles. The molecular weight excluding hydrogens is 549 g/mol. The highest BCUT2D eigenvalue weighted by atomic mass is 79.9. The van der Waals surface area contributed by atoms with Gasteiger partial charge < -0.3 is 5.32 Å². The molecule has 1 N–H and O–H groups in total. The normalized spacial score (nSPS) is 12.3. The molecule has 6 nitrogen and oxygen atoms in total. The summed E-state index contributed by atoms with van der Waals surface area (Å²) >= 11 is 8.25. The van der Waals surface area contributed by atoms with Crippen molar-refractivity contribution in [3.63, 3.8) is 0 Å². The van der Waals surface area contributed by atoms with Crippen LogP contribution < -0.4 is 5.32 Å². The lowest BCUT2D eigenvalue weighted by molar-refractivity contribution is -0.113. The van der Waals surface area contributed by atoms with Crippen molar-refractivity contribution < 1.29 is 9.18 Å². The van der Waals surface area contributed by atoms with Crippen LogP contribution in [0.1, 0.15) is 24.4 Å². The molecule has 10 heteroatoms. The fourth-order valence-electron chi connectivity index (χ4n) is 2.83. The summed E-state index contributed by atoms with van der Waals surface area (Å²) in [5.41, 5.74) is 2.49. The lowest BCUT2D eigenvalue weighted by atomic mass is 10.2. The minimum Gasteiger partial charge on any atom is -0.323 e. The number of carbonyl (C=O) groups excluding carboxylic acids is 1. The lowest BCUT2D eigenvalue weighted by Gasteiger charge is -2.20. The molecule has 0 radical (unpaired) electrons. The maximum Gasteiger partial charge on any atom is 0.234 e. The molecule has 0 aliphatic carbocycles. The van der Waals surface area contributed by atoms with Crippen LogP contribution in [0.15, 0.2) is 50.5 Å². The van der Waals surface area contributed by atoms with Crippen LogP contribution in [0.25, 0.3) is 5.69 Å². The summed E-state index contributed by atoms with van der Waals surface area (Å²) in [6, 6.07) is 9.99. The van der Waals surface area contributed by atoms with Gasteiger partial charge >= 0.3 is 0 Å². The first-order valence-electron chi connectivity index (χ1n) is 9.43. The Morgan fingerprint density at radius 1 is 1.19 bits per heavy atom. The molecule has 164 valence electrons. The standard InChI is InChI=1S/C21H22Br2FN5OS/c1-12-9-16(22)19(17(23)10-12)25-18(30)11-31-21-27-26-20(13(2)28(3)4)29(21)15-7-5-14(24)6-8-15/h5-10,13H,11H2,1-4H3,(H,25,30)/t13-/m1/s1. The average molecular weight is 571 g/mol. The van der Waals surface area contributed by atoms with Gasteiger partial charge in [0.15, 0.2) is 11.0 Å². The number of halogens is 3. The van der Waals surface area contributed by atoms with Gasteiger partial charge in [0.25, 0.3) is 0 Å². The highest BCUT2D eigenvalue weighted by molar-refractivity contribution is 9.11. The summed E-state index contributed by atoms with van der Waals surface area (Å²) < 4.78 is 16.9. The second-order valence-electron chi connectivity index (χ2n) is 7.23. The number of hydrogen-bond donors (Lipinski definition) is 1. The van der Waals surface area contributed by atoms with Crippen LogP contribution >= 0.6 is 43.6 Å². The smallest absolute Gasteiger partial charge is 0.234 e. The topological polar surface area (TPSA) is 63.1 Å². The van der Waals surface area contributed by atoms with Crippen molar-refractivity contribution in [1.82, 2.24) is 19.7 Å². The van der Waals surface area contributed by atoms with Crippen molar-refractivity contribution in [1.29, 1.82) is 0 Å². The summed E-state index contributed by atoms with van der Waals surface area (Å²) in [5, 5.41) is 12.1. The minimum atomic E-state index is -0.318. The zero-order chi connectivity index (χ0) is 22.7. The molecule has 1 aromatic heterocycles. The third kappa shape index (κ3) is 5.74. The number of aromatic nitrogens is 3. The van der Waals surface area contributed by atoms with E-state index in [0.29, 0.717) is 16.7 Å². The van der Waals surface area contributed by atoms with Gasteiger partial charge in [-0.25, -0.2) is 4.39 Å². The van der Waals surface area contributed by atoms with Crippen molar-refractivity contribution in [2.24, 2.45) is 0 Å². The number of hydrogen-bond acceptors (Lipinski definition) is 5. The second kappa shape index (κ2) is 10.2. The Bertz CT molecular complexity index is 1060. The Hall–Kier alpha value is -1.75. The SMILES string of the molecule is Cc1cc(Br)c(NC(=O)CSc2nnc([C@@H](C)N(C)C)n2-c2ccc(F)cc2)c(Br)c1. The van der Waals surface area contributed by atoms with Crippen LogP contribution in [0.5, 0.6) is 0 Å². The molecule has 2 aromatic carbocycles. The number of aryl methyl sites for hydroxylation is 1. The molecule has 1 amide bonds. The van der Waals surface area contributed by atoms with Crippen LogP contribution in [0.2, 0.25) is 0 Å². The van der Waals surface area contributed by atoms with E-state index in [1.54, 1.807) is 12.1 Å². The molecule has 0 unspecified atom stereocenters. The molecule has 0 bridgehead atoms. The largest absolute Gasteiger partial charge is 0.323 e.